The van der Waals surface area contributed by atoms with Gasteiger partial charge in [0.1, 0.15) is 5.01 Å². The van der Waals surface area contributed by atoms with Crippen molar-refractivity contribution in [3.8, 4) is 10.6 Å². The maximum Gasteiger partial charge on any atom is 0.124 e. The van der Waals surface area contributed by atoms with Crippen molar-refractivity contribution in [1.29, 1.82) is 0 Å². The molecule has 0 unspecified atom stereocenters. The predicted octanol–water partition coefficient (Wildman–Crippen LogP) is 8.41. The highest BCUT2D eigenvalue weighted by atomic mass is 35.5. The molecule has 3 aromatic carbocycles. The SMILES string of the molecule is Cc1ccc2nc(-c3ccc4c(c3)[C@@H]3C=CC[C@@H]3[C@H](c3c(Cl)cccc3Cl)N4)sc2c1. The minimum Gasteiger partial charge on any atom is -0.378 e. The summed E-state index contributed by atoms with van der Waals surface area (Å²) in [6.07, 6.45) is 5.64. The van der Waals surface area contributed by atoms with Gasteiger partial charge < -0.3 is 5.32 Å². The zero-order valence-electron chi connectivity index (χ0n) is 16.9. The monoisotopic (exact) mass is 462 g/mol. The van der Waals surface area contributed by atoms with E-state index in [4.69, 9.17) is 28.2 Å². The normalized spacial score (nSPS) is 21.7. The van der Waals surface area contributed by atoms with E-state index in [2.05, 4.69) is 60.8 Å². The molecule has 0 radical (unpaired) electrons. The van der Waals surface area contributed by atoms with Crippen LogP contribution in [0.4, 0.5) is 5.69 Å². The van der Waals surface area contributed by atoms with Crippen molar-refractivity contribution >= 4 is 50.4 Å². The Hall–Kier alpha value is -2.33. The second kappa shape index (κ2) is 7.37. The number of anilines is 1. The molecule has 0 fully saturated rings. The molecular weight excluding hydrogens is 443 g/mol. The van der Waals surface area contributed by atoms with E-state index in [0.717, 1.165) is 38.2 Å². The van der Waals surface area contributed by atoms with E-state index in [1.807, 2.05) is 18.2 Å². The zero-order chi connectivity index (χ0) is 21.1. The van der Waals surface area contributed by atoms with Crippen molar-refractivity contribution in [1.82, 2.24) is 4.98 Å². The minimum absolute atomic E-state index is 0.0879. The lowest BCUT2D eigenvalue weighted by Crippen LogP contribution is -2.29. The van der Waals surface area contributed by atoms with E-state index in [1.54, 1.807) is 11.3 Å². The lowest BCUT2D eigenvalue weighted by molar-refractivity contribution is 0.426. The molecule has 5 heteroatoms. The van der Waals surface area contributed by atoms with E-state index in [9.17, 15) is 0 Å². The summed E-state index contributed by atoms with van der Waals surface area (Å²) in [5.41, 5.74) is 6.98. The first-order valence-corrected chi connectivity index (χ1v) is 12.0. The van der Waals surface area contributed by atoms with Crippen molar-refractivity contribution in [2.24, 2.45) is 5.92 Å². The van der Waals surface area contributed by atoms with Gasteiger partial charge in [-0.05, 0) is 72.9 Å². The highest BCUT2D eigenvalue weighted by Gasteiger charge is 2.39. The average Bonchev–Trinajstić information content (AvgIpc) is 3.40. The zero-order valence-corrected chi connectivity index (χ0v) is 19.2. The summed E-state index contributed by atoms with van der Waals surface area (Å²) in [5.74, 6) is 0.725. The molecule has 2 nitrogen and oxygen atoms in total. The summed E-state index contributed by atoms with van der Waals surface area (Å²) in [4.78, 5) is 4.89. The van der Waals surface area contributed by atoms with Crippen LogP contribution in [0.5, 0.6) is 0 Å². The highest BCUT2D eigenvalue weighted by molar-refractivity contribution is 7.21. The van der Waals surface area contributed by atoms with E-state index in [-0.39, 0.29) is 6.04 Å². The summed E-state index contributed by atoms with van der Waals surface area (Å²) in [5, 5.41) is 6.27. The Morgan fingerprint density at radius 2 is 1.87 bits per heavy atom. The number of fused-ring (bicyclic) bond motifs is 4. The van der Waals surface area contributed by atoms with Gasteiger partial charge in [0.05, 0.1) is 16.3 Å². The molecule has 31 heavy (non-hydrogen) atoms. The van der Waals surface area contributed by atoms with Gasteiger partial charge in [0.2, 0.25) is 0 Å². The van der Waals surface area contributed by atoms with Crippen molar-refractivity contribution < 1.29 is 0 Å². The fourth-order valence-electron chi connectivity index (χ4n) is 4.98. The topological polar surface area (TPSA) is 24.9 Å². The summed E-state index contributed by atoms with van der Waals surface area (Å²) in [6.45, 7) is 2.12. The molecule has 1 aromatic heterocycles. The summed E-state index contributed by atoms with van der Waals surface area (Å²) in [7, 11) is 0. The van der Waals surface area contributed by atoms with E-state index in [1.165, 1.54) is 21.4 Å². The largest absolute Gasteiger partial charge is 0.378 e. The Kier molecular flexibility index (Phi) is 4.60. The van der Waals surface area contributed by atoms with Gasteiger partial charge in [-0.1, -0.05) is 47.5 Å². The summed E-state index contributed by atoms with van der Waals surface area (Å²) in [6, 6.07) is 18.9. The first kappa shape index (κ1) is 19.4. The lowest BCUT2D eigenvalue weighted by Gasteiger charge is -2.38. The van der Waals surface area contributed by atoms with Gasteiger partial charge in [0.15, 0.2) is 0 Å². The second-order valence-electron chi connectivity index (χ2n) is 8.40. The van der Waals surface area contributed by atoms with Gasteiger partial charge in [0.25, 0.3) is 0 Å². The van der Waals surface area contributed by atoms with Crippen LogP contribution in [-0.4, -0.2) is 4.98 Å². The third-order valence-electron chi connectivity index (χ3n) is 6.46. The Bertz CT molecular complexity index is 1340. The van der Waals surface area contributed by atoms with E-state index >= 15 is 0 Å². The number of hydrogen-bond donors (Lipinski definition) is 1. The summed E-state index contributed by atoms with van der Waals surface area (Å²) >= 11 is 14.9. The van der Waals surface area contributed by atoms with Crippen LogP contribution in [0.25, 0.3) is 20.8 Å². The van der Waals surface area contributed by atoms with Crippen LogP contribution in [0.1, 0.15) is 35.1 Å². The Morgan fingerprint density at radius 3 is 2.71 bits per heavy atom. The average molecular weight is 463 g/mol. The first-order valence-electron chi connectivity index (χ1n) is 10.5. The van der Waals surface area contributed by atoms with E-state index < -0.39 is 0 Å². The molecule has 1 N–H and O–H groups in total. The van der Waals surface area contributed by atoms with Gasteiger partial charge in [0, 0.05) is 32.8 Å². The van der Waals surface area contributed by atoms with Crippen LogP contribution in [0.2, 0.25) is 10.0 Å². The quantitative estimate of drug-likeness (QED) is 0.302. The molecular formula is C26H20Cl2N2S. The first-order chi connectivity index (χ1) is 15.1. The molecule has 1 aliphatic heterocycles. The van der Waals surface area contributed by atoms with Crippen molar-refractivity contribution in [3.05, 3.63) is 93.5 Å². The summed E-state index contributed by atoms with van der Waals surface area (Å²) < 4.78 is 1.23. The fraction of sp³-hybridized carbons (Fsp3) is 0.192. The highest BCUT2D eigenvalue weighted by Crippen LogP contribution is 2.52. The molecule has 0 bridgehead atoms. The number of thiazole rings is 1. The van der Waals surface area contributed by atoms with E-state index in [0.29, 0.717) is 11.8 Å². The fourth-order valence-corrected chi connectivity index (χ4v) is 6.67. The van der Waals surface area contributed by atoms with Gasteiger partial charge in [-0.15, -0.1) is 11.3 Å². The Balaban J connectivity index is 1.43. The third-order valence-corrected chi connectivity index (χ3v) is 8.19. The lowest BCUT2D eigenvalue weighted by atomic mass is 9.76. The number of hydrogen-bond acceptors (Lipinski definition) is 3. The van der Waals surface area contributed by atoms with Crippen molar-refractivity contribution in [3.63, 3.8) is 0 Å². The maximum absolute atomic E-state index is 6.58. The van der Waals surface area contributed by atoms with Crippen LogP contribution in [-0.2, 0) is 0 Å². The van der Waals surface area contributed by atoms with Gasteiger partial charge >= 0.3 is 0 Å². The van der Waals surface area contributed by atoms with Gasteiger partial charge in [-0.2, -0.15) is 0 Å². The number of halogens is 2. The minimum atomic E-state index is 0.0879. The number of benzene rings is 3. The van der Waals surface area contributed by atoms with Crippen LogP contribution in [0.15, 0.2) is 66.7 Å². The standard InChI is InChI=1S/C26H20Cl2N2S/c1-14-8-10-22-23(12-14)31-26(30-22)15-9-11-21-18(13-15)16-4-2-5-17(16)25(29-21)24-19(27)6-3-7-20(24)28/h2-4,6-13,16-17,25,29H,5H2,1H3/t16-,17+,25-/m1/s1. The molecule has 0 amide bonds. The van der Waals surface area contributed by atoms with Crippen molar-refractivity contribution in [2.45, 2.75) is 25.3 Å². The number of aryl methyl sites for hydroxylation is 1. The van der Waals surface area contributed by atoms with Crippen LogP contribution >= 0.6 is 34.5 Å². The molecule has 2 heterocycles. The number of nitrogens with zero attached hydrogens (tertiary/aromatic N) is 1. The van der Waals surface area contributed by atoms with Crippen molar-refractivity contribution in [2.75, 3.05) is 5.32 Å². The molecule has 3 atom stereocenters. The Labute approximate surface area is 195 Å². The number of allylic oxidation sites excluding steroid dienone is 2. The smallest absolute Gasteiger partial charge is 0.124 e. The molecule has 154 valence electrons. The van der Waals surface area contributed by atoms with Crippen LogP contribution < -0.4 is 5.32 Å². The predicted molar refractivity (Wildman–Crippen MR) is 133 cm³/mol. The van der Waals surface area contributed by atoms with Crippen LogP contribution in [0.3, 0.4) is 0 Å². The Morgan fingerprint density at radius 1 is 1.03 bits per heavy atom. The number of nitrogens with one attached hydrogen (secondary N) is 1. The second-order valence-corrected chi connectivity index (χ2v) is 10.2. The maximum atomic E-state index is 6.58. The number of rotatable bonds is 2. The molecule has 0 saturated heterocycles. The molecule has 4 aromatic rings. The van der Waals surface area contributed by atoms with Gasteiger partial charge in [-0.25, -0.2) is 4.98 Å². The molecule has 6 rings (SSSR count). The van der Waals surface area contributed by atoms with Crippen LogP contribution in [0, 0.1) is 12.8 Å². The van der Waals surface area contributed by atoms with Gasteiger partial charge in [-0.3, -0.25) is 0 Å². The molecule has 2 aliphatic rings. The third kappa shape index (κ3) is 3.18. The molecule has 0 spiro atoms. The number of aromatic nitrogens is 1. The molecule has 1 aliphatic carbocycles. The molecule has 0 saturated carbocycles.